The molecule has 0 amide bonds. The minimum absolute atomic E-state index is 0.545. The van der Waals surface area contributed by atoms with E-state index in [0.717, 1.165) is 30.0 Å². The molecule has 3 rings (SSSR count). The van der Waals surface area contributed by atoms with Crippen molar-refractivity contribution in [3.05, 3.63) is 53.9 Å². The van der Waals surface area contributed by atoms with Gasteiger partial charge in [-0.2, -0.15) is 10.4 Å². The van der Waals surface area contributed by atoms with E-state index in [9.17, 15) is 5.26 Å². The zero-order chi connectivity index (χ0) is 15.5. The summed E-state index contributed by atoms with van der Waals surface area (Å²) >= 11 is 0. The Hall–Kier alpha value is -2.71. The van der Waals surface area contributed by atoms with Crippen molar-refractivity contribution >= 4 is 5.65 Å². The van der Waals surface area contributed by atoms with Crippen LogP contribution >= 0.6 is 0 Å². The Balaban J connectivity index is 2.13. The maximum atomic E-state index is 9.29. The number of rotatable bonds is 4. The second-order valence-electron chi connectivity index (χ2n) is 5.43. The minimum Gasteiger partial charge on any atom is -0.309 e. The highest BCUT2D eigenvalue weighted by molar-refractivity contribution is 5.67. The first kappa shape index (κ1) is 14.2. The SMILES string of the molecule is CN(C)CCc1nc2c(C#N)ccc(-c3ccccc3)n2n1. The van der Waals surface area contributed by atoms with Crippen molar-refractivity contribution in [1.29, 1.82) is 5.26 Å². The van der Waals surface area contributed by atoms with E-state index in [-0.39, 0.29) is 0 Å². The average Bonchev–Trinajstić information content (AvgIpc) is 2.97. The standard InChI is InChI=1S/C17H17N5/c1-21(2)11-10-16-19-17-14(12-18)8-9-15(22(17)20-16)13-6-4-3-5-7-13/h3-9H,10-11H2,1-2H3. The van der Waals surface area contributed by atoms with Crippen molar-refractivity contribution < 1.29 is 0 Å². The Labute approximate surface area is 129 Å². The van der Waals surface area contributed by atoms with Crippen molar-refractivity contribution in [2.75, 3.05) is 20.6 Å². The molecule has 22 heavy (non-hydrogen) atoms. The van der Waals surface area contributed by atoms with Crippen molar-refractivity contribution in [3.8, 4) is 17.3 Å². The predicted octanol–water partition coefficient (Wildman–Crippen LogP) is 2.37. The molecular formula is C17H17N5. The molecule has 0 bridgehead atoms. The lowest BCUT2D eigenvalue weighted by Crippen LogP contribution is -2.15. The van der Waals surface area contributed by atoms with Crippen LogP contribution in [-0.2, 0) is 6.42 Å². The van der Waals surface area contributed by atoms with Gasteiger partial charge < -0.3 is 4.90 Å². The zero-order valence-corrected chi connectivity index (χ0v) is 12.7. The van der Waals surface area contributed by atoms with Crippen LogP contribution in [0.15, 0.2) is 42.5 Å². The summed E-state index contributed by atoms with van der Waals surface area (Å²) in [7, 11) is 4.04. The molecule has 0 aliphatic carbocycles. The number of benzene rings is 1. The highest BCUT2D eigenvalue weighted by Crippen LogP contribution is 2.22. The number of nitrogens with zero attached hydrogens (tertiary/aromatic N) is 5. The maximum Gasteiger partial charge on any atom is 0.174 e. The largest absolute Gasteiger partial charge is 0.309 e. The van der Waals surface area contributed by atoms with E-state index in [1.165, 1.54) is 0 Å². The number of likely N-dealkylation sites (N-methyl/N-ethyl adjacent to an activating group) is 1. The molecule has 5 nitrogen and oxygen atoms in total. The molecule has 5 heteroatoms. The Morgan fingerprint density at radius 1 is 1.14 bits per heavy atom. The number of pyridine rings is 1. The normalized spacial score (nSPS) is 11.0. The van der Waals surface area contributed by atoms with Crippen LogP contribution in [0.4, 0.5) is 0 Å². The number of hydrogen-bond donors (Lipinski definition) is 0. The first-order valence-electron chi connectivity index (χ1n) is 7.18. The molecule has 110 valence electrons. The second kappa shape index (κ2) is 5.96. The fraction of sp³-hybridized carbons (Fsp3) is 0.235. The maximum absolute atomic E-state index is 9.29. The smallest absolute Gasteiger partial charge is 0.174 e. The highest BCUT2D eigenvalue weighted by Gasteiger charge is 2.12. The number of hydrogen-bond acceptors (Lipinski definition) is 4. The molecule has 0 aliphatic heterocycles. The van der Waals surface area contributed by atoms with Gasteiger partial charge in [-0.05, 0) is 26.2 Å². The first-order chi connectivity index (χ1) is 10.7. The number of aromatic nitrogens is 3. The predicted molar refractivity (Wildman–Crippen MR) is 85.4 cm³/mol. The van der Waals surface area contributed by atoms with Gasteiger partial charge in [0.2, 0.25) is 0 Å². The van der Waals surface area contributed by atoms with Crippen molar-refractivity contribution in [1.82, 2.24) is 19.5 Å². The van der Waals surface area contributed by atoms with Crippen LogP contribution in [0, 0.1) is 11.3 Å². The average molecular weight is 291 g/mol. The molecule has 0 atom stereocenters. The van der Waals surface area contributed by atoms with Crippen LogP contribution in [0.25, 0.3) is 16.9 Å². The van der Waals surface area contributed by atoms with Crippen molar-refractivity contribution in [2.45, 2.75) is 6.42 Å². The molecule has 1 aromatic carbocycles. The van der Waals surface area contributed by atoms with Crippen LogP contribution in [0.5, 0.6) is 0 Å². The monoisotopic (exact) mass is 291 g/mol. The van der Waals surface area contributed by atoms with E-state index < -0.39 is 0 Å². The van der Waals surface area contributed by atoms with Crippen molar-refractivity contribution in [2.24, 2.45) is 0 Å². The molecule has 0 saturated heterocycles. The van der Waals surface area contributed by atoms with Crippen LogP contribution in [0.1, 0.15) is 11.4 Å². The summed E-state index contributed by atoms with van der Waals surface area (Å²) in [6.45, 7) is 0.874. The Morgan fingerprint density at radius 3 is 2.59 bits per heavy atom. The summed E-state index contributed by atoms with van der Waals surface area (Å²) in [5.41, 5.74) is 3.17. The van der Waals surface area contributed by atoms with Crippen LogP contribution < -0.4 is 0 Å². The van der Waals surface area contributed by atoms with Gasteiger partial charge in [-0.15, -0.1) is 0 Å². The van der Waals surface area contributed by atoms with Crippen molar-refractivity contribution in [3.63, 3.8) is 0 Å². The zero-order valence-electron chi connectivity index (χ0n) is 12.7. The summed E-state index contributed by atoms with van der Waals surface area (Å²) < 4.78 is 1.78. The van der Waals surface area contributed by atoms with E-state index in [0.29, 0.717) is 11.2 Å². The lowest BCUT2D eigenvalue weighted by atomic mass is 10.1. The quantitative estimate of drug-likeness (QED) is 0.740. The van der Waals surface area contributed by atoms with E-state index in [1.807, 2.05) is 56.6 Å². The lowest BCUT2D eigenvalue weighted by molar-refractivity contribution is 0.409. The molecule has 0 spiro atoms. The third-order valence-corrected chi connectivity index (χ3v) is 3.50. The Morgan fingerprint density at radius 2 is 1.91 bits per heavy atom. The molecule has 2 aromatic heterocycles. The third kappa shape index (κ3) is 2.69. The summed E-state index contributed by atoms with van der Waals surface area (Å²) in [5.74, 6) is 0.758. The molecule has 0 unspecified atom stereocenters. The fourth-order valence-electron chi connectivity index (χ4n) is 2.35. The topological polar surface area (TPSA) is 57.2 Å². The van der Waals surface area contributed by atoms with E-state index >= 15 is 0 Å². The van der Waals surface area contributed by atoms with Gasteiger partial charge in [-0.3, -0.25) is 0 Å². The molecule has 0 radical (unpaired) electrons. The number of fused-ring (bicyclic) bond motifs is 1. The summed E-state index contributed by atoms with van der Waals surface area (Å²) in [6.07, 6.45) is 0.758. The molecule has 0 fully saturated rings. The first-order valence-corrected chi connectivity index (χ1v) is 7.18. The molecule has 2 heterocycles. The Kier molecular flexibility index (Phi) is 3.86. The molecule has 3 aromatic rings. The Bertz CT molecular complexity index is 827. The third-order valence-electron chi connectivity index (χ3n) is 3.50. The lowest BCUT2D eigenvalue weighted by Gasteiger charge is -2.06. The molecule has 0 aliphatic rings. The van der Waals surface area contributed by atoms with Gasteiger partial charge in [0.25, 0.3) is 0 Å². The van der Waals surface area contributed by atoms with Gasteiger partial charge in [0.05, 0.1) is 11.3 Å². The fourth-order valence-corrected chi connectivity index (χ4v) is 2.35. The van der Waals surface area contributed by atoms with Gasteiger partial charge in [0.1, 0.15) is 6.07 Å². The van der Waals surface area contributed by atoms with E-state index in [1.54, 1.807) is 4.52 Å². The van der Waals surface area contributed by atoms with Crippen LogP contribution in [0.2, 0.25) is 0 Å². The van der Waals surface area contributed by atoms with Gasteiger partial charge in [0, 0.05) is 18.5 Å². The highest BCUT2D eigenvalue weighted by atomic mass is 15.3. The molecule has 0 saturated carbocycles. The molecule has 0 N–H and O–H groups in total. The summed E-state index contributed by atoms with van der Waals surface area (Å²) in [6, 6.07) is 15.9. The van der Waals surface area contributed by atoms with Gasteiger partial charge in [0.15, 0.2) is 11.5 Å². The molecular weight excluding hydrogens is 274 g/mol. The minimum atomic E-state index is 0.545. The second-order valence-corrected chi connectivity index (χ2v) is 5.43. The summed E-state index contributed by atoms with van der Waals surface area (Å²) in [5, 5.41) is 13.9. The van der Waals surface area contributed by atoms with E-state index in [2.05, 4.69) is 21.1 Å². The van der Waals surface area contributed by atoms with Gasteiger partial charge in [-0.25, -0.2) is 9.50 Å². The summed E-state index contributed by atoms with van der Waals surface area (Å²) in [4.78, 5) is 6.64. The van der Waals surface area contributed by atoms with Crippen LogP contribution in [-0.4, -0.2) is 40.1 Å². The number of nitriles is 1. The van der Waals surface area contributed by atoms with Gasteiger partial charge in [-0.1, -0.05) is 30.3 Å². The van der Waals surface area contributed by atoms with Gasteiger partial charge >= 0.3 is 0 Å². The van der Waals surface area contributed by atoms with E-state index in [4.69, 9.17) is 0 Å². The van der Waals surface area contributed by atoms with Crippen LogP contribution in [0.3, 0.4) is 0 Å².